The van der Waals surface area contributed by atoms with Crippen LogP contribution in [0.15, 0.2) is 48.7 Å². The molecule has 132 valence electrons. The first kappa shape index (κ1) is 16.4. The zero-order chi connectivity index (χ0) is 17.9. The van der Waals surface area contributed by atoms with E-state index in [0.717, 1.165) is 47.5 Å². The van der Waals surface area contributed by atoms with E-state index in [2.05, 4.69) is 25.4 Å². The number of pyridine rings is 1. The molecule has 3 heterocycles. The number of para-hydroxylation sites is 1. The molecule has 6 nitrogen and oxygen atoms in total. The van der Waals surface area contributed by atoms with Gasteiger partial charge in [0.2, 0.25) is 5.91 Å². The van der Waals surface area contributed by atoms with E-state index in [1.54, 1.807) is 6.20 Å². The third-order valence-electron chi connectivity index (χ3n) is 4.76. The lowest BCUT2D eigenvalue weighted by Gasteiger charge is -2.32. The van der Waals surface area contributed by atoms with Crippen LogP contribution < -0.4 is 10.2 Å². The average Bonchev–Trinajstić information content (AvgIpc) is 2.68. The Morgan fingerprint density at radius 1 is 1.19 bits per heavy atom. The Kier molecular flexibility index (Phi) is 4.48. The molecule has 0 saturated carbocycles. The van der Waals surface area contributed by atoms with Crippen LogP contribution in [0.1, 0.15) is 18.5 Å². The molecule has 2 aromatic heterocycles. The molecule has 6 heteroatoms. The molecule has 1 unspecified atom stereocenters. The predicted molar refractivity (Wildman–Crippen MR) is 102 cm³/mol. The maximum absolute atomic E-state index is 12.7. The first-order chi connectivity index (χ1) is 12.7. The van der Waals surface area contributed by atoms with Gasteiger partial charge < -0.3 is 10.2 Å². The summed E-state index contributed by atoms with van der Waals surface area (Å²) in [5.41, 5.74) is 2.55. The molecule has 1 aromatic carbocycles. The van der Waals surface area contributed by atoms with Crippen molar-refractivity contribution >= 4 is 28.3 Å². The summed E-state index contributed by atoms with van der Waals surface area (Å²) in [5.74, 6) is 0.797. The van der Waals surface area contributed by atoms with Crippen molar-refractivity contribution in [3.63, 3.8) is 0 Å². The minimum atomic E-state index is -0.0710. The van der Waals surface area contributed by atoms with Crippen LogP contribution in [-0.2, 0) is 4.79 Å². The molecule has 1 saturated heterocycles. The van der Waals surface area contributed by atoms with Crippen molar-refractivity contribution in [2.45, 2.75) is 19.8 Å². The molecule has 4 rings (SSSR count). The van der Waals surface area contributed by atoms with Gasteiger partial charge in [-0.2, -0.15) is 5.10 Å². The van der Waals surface area contributed by atoms with Gasteiger partial charge in [-0.15, -0.1) is 5.10 Å². The van der Waals surface area contributed by atoms with Gasteiger partial charge in [-0.05, 0) is 44.0 Å². The number of aromatic nitrogens is 3. The number of aryl methyl sites for hydroxylation is 1. The molecule has 1 amide bonds. The number of hydrogen-bond acceptors (Lipinski definition) is 5. The summed E-state index contributed by atoms with van der Waals surface area (Å²) in [6.07, 6.45) is 3.55. The minimum absolute atomic E-state index is 0.0341. The highest BCUT2D eigenvalue weighted by atomic mass is 16.1. The number of anilines is 2. The maximum atomic E-state index is 12.7. The molecular formula is C20H21N5O. The molecule has 1 aliphatic rings. The lowest BCUT2D eigenvalue weighted by molar-refractivity contribution is -0.120. The number of carbonyl (C=O) groups excluding carboxylic acids is 1. The van der Waals surface area contributed by atoms with Crippen LogP contribution >= 0.6 is 0 Å². The molecular weight excluding hydrogens is 326 g/mol. The van der Waals surface area contributed by atoms with E-state index >= 15 is 0 Å². The fourth-order valence-corrected chi connectivity index (χ4v) is 3.34. The molecule has 26 heavy (non-hydrogen) atoms. The van der Waals surface area contributed by atoms with Crippen LogP contribution in [0.3, 0.4) is 0 Å². The van der Waals surface area contributed by atoms with Gasteiger partial charge in [0.15, 0.2) is 5.82 Å². The van der Waals surface area contributed by atoms with Crippen molar-refractivity contribution in [2.24, 2.45) is 5.92 Å². The molecule has 0 bridgehead atoms. The summed E-state index contributed by atoms with van der Waals surface area (Å²) in [4.78, 5) is 19.3. The molecule has 1 N–H and O–H groups in total. The third kappa shape index (κ3) is 3.49. The number of hydrogen-bond donors (Lipinski definition) is 1. The summed E-state index contributed by atoms with van der Waals surface area (Å²) in [7, 11) is 0. The van der Waals surface area contributed by atoms with Crippen molar-refractivity contribution < 1.29 is 4.79 Å². The van der Waals surface area contributed by atoms with Gasteiger partial charge in [0.05, 0.1) is 29.0 Å². The molecule has 3 aromatic rings. The third-order valence-corrected chi connectivity index (χ3v) is 4.76. The number of nitrogens with one attached hydrogen (secondary N) is 1. The van der Waals surface area contributed by atoms with E-state index < -0.39 is 0 Å². The van der Waals surface area contributed by atoms with Crippen LogP contribution in [0.5, 0.6) is 0 Å². The summed E-state index contributed by atoms with van der Waals surface area (Å²) >= 11 is 0. The predicted octanol–water partition coefficient (Wildman–Crippen LogP) is 3.19. The van der Waals surface area contributed by atoms with E-state index in [0.29, 0.717) is 6.54 Å². The molecule has 1 fully saturated rings. The van der Waals surface area contributed by atoms with Crippen LogP contribution in [0.25, 0.3) is 10.9 Å². The summed E-state index contributed by atoms with van der Waals surface area (Å²) < 4.78 is 0. The van der Waals surface area contributed by atoms with E-state index in [1.807, 2.05) is 49.4 Å². The molecule has 0 aliphatic carbocycles. The number of piperidine rings is 1. The highest BCUT2D eigenvalue weighted by Gasteiger charge is 2.26. The number of nitrogens with zero attached hydrogens (tertiary/aromatic N) is 4. The monoisotopic (exact) mass is 347 g/mol. The first-order valence-corrected chi connectivity index (χ1v) is 8.90. The topological polar surface area (TPSA) is 71.0 Å². The van der Waals surface area contributed by atoms with Crippen molar-refractivity contribution in [3.8, 4) is 0 Å². The zero-order valence-electron chi connectivity index (χ0n) is 14.7. The fourth-order valence-electron chi connectivity index (χ4n) is 3.34. The van der Waals surface area contributed by atoms with Gasteiger partial charge in [0.25, 0.3) is 0 Å². The number of fused-ring (bicyclic) bond motifs is 1. The second-order valence-corrected chi connectivity index (χ2v) is 6.72. The van der Waals surface area contributed by atoms with Crippen LogP contribution in [0.4, 0.5) is 11.5 Å². The number of amides is 1. The lowest BCUT2D eigenvalue weighted by atomic mass is 9.97. The van der Waals surface area contributed by atoms with E-state index in [1.165, 1.54) is 0 Å². The van der Waals surface area contributed by atoms with Crippen molar-refractivity contribution in [1.82, 2.24) is 15.2 Å². The fraction of sp³-hybridized carbons (Fsp3) is 0.300. The van der Waals surface area contributed by atoms with Crippen molar-refractivity contribution in [1.29, 1.82) is 0 Å². The van der Waals surface area contributed by atoms with Gasteiger partial charge in [-0.25, -0.2) is 0 Å². The van der Waals surface area contributed by atoms with Gasteiger partial charge in [-0.1, -0.05) is 18.2 Å². The largest absolute Gasteiger partial charge is 0.354 e. The number of carbonyl (C=O) groups is 1. The molecule has 1 aliphatic heterocycles. The lowest BCUT2D eigenvalue weighted by Crippen LogP contribution is -2.41. The van der Waals surface area contributed by atoms with Crippen molar-refractivity contribution in [3.05, 3.63) is 54.4 Å². The van der Waals surface area contributed by atoms with Crippen molar-refractivity contribution in [2.75, 3.05) is 23.3 Å². The normalized spacial score (nSPS) is 17.3. The summed E-state index contributed by atoms with van der Waals surface area (Å²) in [6, 6.07) is 13.8. The first-order valence-electron chi connectivity index (χ1n) is 8.90. The second kappa shape index (κ2) is 7.07. The van der Waals surface area contributed by atoms with E-state index in [9.17, 15) is 4.79 Å². The SMILES string of the molecule is Cc1ccc(N2CCCC(C(=O)Nc3cnc4ccccc4c3)C2)nn1. The number of rotatable bonds is 3. The van der Waals surface area contributed by atoms with Crippen LogP contribution in [0.2, 0.25) is 0 Å². The van der Waals surface area contributed by atoms with E-state index in [4.69, 9.17) is 0 Å². The summed E-state index contributed by atoms with van der Waals surface area (Å²) in [5, 5.41) is 12.4. The second-order valence-electron chi connectivity index (χ2n) is 6.72. The molecule has 1 atom stereocenters. The highest BCUT2D eigenvalue weighted by Crippen LogP contribution is 2.23. The quantitative estimate of drug-likeness (QED) is 0.788. The molecule has 0 spiro atoms. The maximum Gasteiger partial charge on any atom is 0.229 e. The van der Waals surface area contributed by atoms with Crippen LogP contribution in [-0.4, -0.2) is 34.2 Å². The van der Waals surface area contributed by atoms with Gasteiger partial charge in [0, 0.05) is 18.5 Å². The van der Waals surface area contributed by atoms with Gasteiger partial charge >= 0.3 is 0 Å². The Morgan fingerprint density at radius 3 is 2.92 bits per heavy atom. The minimum Gasteiger partial charge on any atom is -0.354 e. The van der Waals surface area contributed by atoms with Crippen LogP contribution in [0, 0.1) is 12.8 Å². The van der Waals surface area contributed by atoms with Gasteiger partial charge in [-0.3, -0.25) is 9.78 Å². The Labute approximate surface area is 152 Å². The Hall–Kier alpha value is -3.02. The average molecular weight is 347 g/mol. The summed E-state index contributed by atoms with van der Waals surface area (Å²) in [6.45, 7) is 3.48. The standard InChI is InChI=1S/C20H21N5O/c1-14-8-9-19(24-23-14)25-10-4-6-16(13-25)20(26)22-17-11-15-5-2-3-7-18(15)21-12-17/h2-3,5,7-9,11-12,16H,4,6,10,13H2,1H3,(H,22,26). The Morgan fingerprint density at radius 2 is 2.08 bits per heavy atom. The zero-order valence-corrected chi connectivity index (χ0v) is 14.7. The Bertz CT molecular complexity index is 925. The number of benzene rings is 1. The Balaban J connectivity index is 1.45. The molecule has 0 radical (unpaired) electrons. The smallest absolute Gasteiger partial charge is 0.229 e. The highest BCUT2D eigenvalue weighted by molar-refractivity contribution is 5.94. The van der Waals surface area contributed by atoms with Gasteiger partial charge in [0.1, 0.15) is 0 Å². The van der Waals surface area contributed by atoms with E-state index in [-0.39, 0.29) is 11.8 Å².